The molecular formula is C23H21N5O3. The van der Waals surface area contributed by atoms with Crippen LogP contribution >= 0.6 is 0 Å². The van der Waals surface area contributed by atoms with Crippen molar-refractivity contribution in [2.45, 2.75) is 19.6 Å². The number of anilines is 1. The number of para-hydroxylation sites is 3. The van der Waals surface area contributed by atoms with Gasteiger partial charge in [-0.2, -0.15) is 10.2 Å². The van der Waals surface area contributed by atoms with E-state index < -0.39 is 0 Å². The Balaban J connectivity index is 1.24. The lowest BCUT2D eigenvalue weighted by atomic mass is 10.2. The summed E-state index contributed by atoms with van der Waals surface area (Å²) in [7, 11) is 0. The summed E-state index contributed by atoms with van der Waals surface area (Å²) in [6.45, 7) is 2.82. The normalized spacial score (nSPS) is 14.9. The molecule has 8 heteroatoms. The average Bonchev–Trinajstić information content (AvgIpc) is 3.40. The van der Waals surface area contributed by atoms with E-state index in [-0.39, 0.29) is 12.0 Å². The summed E-state index contributed by atoms with van der Waals surface area (Å²) in [6.07, 6.45) is 4.81. The van der Waals surface area contributed by atoms with Crippen LogP contribution in [0.5, 0.6) is 11.5 Å². The van der Waals surface area contributed by atoms with Crippen LogP contribution in [-0.4, -0.2) is 38.2 Å². The SMILES string of the molecule is Cc1c(C(=O)Nc2cnn(C[C@@H]3COc4ccccc4O3)c2)cnn1-c1ccccc1. The molecule has 4 aromatic rings. The molecule has 1 N–H and O–H groups in total. The van der Waals surface area contributed by atoms with Gasteiger partial charge in [-0.25, -0.2) is 4.68 Å². The molecule has 0 radical (unpaired) electrons. The summed E-state index contributed by atoms with van der Waals surface area (Å²) in [6, 6.07) is 17.3. The smallest absolute Gasteiger partial charge is 0.259 e. The van der Waals surface area contributed by atoms with Gasteiger partial charge < -0.3 is 14.8 Å². The zero-order valence-corrected chi connectivity index (χ0v) is 16.9. The van der Waals surface area contributed by atoms with Crippen molar-refractivity contribution in [1.82, 2.24) is 19.6 Å². The monoisotopic (exact) mass is 415 g/mol. The predicted octanol–water partition coefficient (Wildman–Crippen LogP) is 3.47. The van der Waals surface area contributed by atoms with Crippen molar-refractivity contribution in [3.8, 4) is 17.2 Å². The van der Waals surface area contributed by atoms with E-state index in [0.29, 0.717) is 24.4 Å². The number of benzene rings is 2. The van der Waals surface area contributed by atoms with E-state index in [9.17, 15) is 4.79 Å². The minimum absolute atomic E-state index is 0.162. The summed E-state index contributed by atoms with van der Waals surface area (Å²) in [4.78, 5) is 12.8. The lowest BCUT2D eigenvalue weighted by Crippen LogP contribution is -2.33. The van der Waals surface area contributed by atoms with Crippen LogP contribution in [0.2, 0.25) is 0 Å². The van der Waals surface area contributed by atoms with Crippen molar-refractivity contribution in [2.24, 2.45) is 0 Å². The Hall–Kier alpha value is -4.07. The Morgan fingerprint density at radius 1 is 1.06 bits per heavy atom. The molecule has 1 atom stereocenters. The number of hydrogen-bond donors (Lipinski definition) is 1. The lowest BCUT2D eigenvalue weighted by Gasteiger charge is -2.26. The third-order valence-electron chi connectivity index (χ3n) is 5.10. The van der Waals surface area contributed by atoms with Crippen LogP contribution in [0, 0.1) is 6.92 Å². The molecule has 5 rings (SSSR count). The standard InChI is InChI=1S/C23H21N5O3/c1-16-20(12-25-28(16)18-7-3-2-4-8-18)23(29)26-17-11-24-27(13-17)14-19-15-30-21-9-5-6-10-22(21)31-19/h2-13,19H,14-15H2,1H3,(H,26,29)/t19-/m1/s1. The minimum Gasteiger partial charge on any atom is -0.486 e. The molecule has 0 saturated heterocycles. The van der Waals surface area contributed by atoms with E-state index in [1.807, 2.05) is 61.5 Å². The fraction of sp³-hybridized carbons (Fsp3) is 0.174. The summed E-state index contributed by atoms with van der Waals surface area (Å²) in [5.41, 5.74) is 2.79. The summed E-state index contributed by atoms with van der Waals surface area (Å²) < 4.78 is 15.2. The van der Waals surface area contributed by atoms with E-state index in [1.165, 1.54) is 0 Å². The van der Waals surface area contributed by atoms with Crippen LogP contribution < -0.4 is 14.8 Å². The Bertz CT molecular complexity index is 1210. The van der Waals surface area contributed by atoms with Crippen molar-refractivity contribution in [3.05, 3.63) is 84.4 Å². The molecule has 0 unspecified atom stereocenters. The van der Waals surface area contributed by atoms with Crippen molar-refractivity contribution in [2.75, 3.05) is 11.9 Å². The van der Waals surface area contributed by atoms with Crippen LogP contribution in [-0.2, 0) is 6.54 Å². The van der Waals surface area contributed by atoms with E-state index in [2.05, 4.69) is 15.5 Å². The second-order valence-corrected chi connectivity index (χ2v) is 7.29. The summed E-state index contributed by atoms with van der Waals surface area (Å²) in [5.74, 6) is 1.24. The van der Waals surface area contributed by atoms with Gasteiger partial charge >= 0.3 is 0 Å². The average molecular weight is 415 g/mol. The van der Waals surface area contributed by atoms with Crippen LogP contribution in [0.15, 0.2) is 73.2 Å². The van der Waals surface area contributed by atoms with E-state index in [0.717, 1.165) is 22.9 Å². The Labute approximate surface area is 179 Å². The third-order valence-corrected chi connectivity index (χ3v) is 5.10. The van der Waals surface area contributed by atoms with Gasteiger partial charge in [0, 0.05) is 6.20 Å². The van der Waals surface area contributed by atoms with Gasteiger partial charge in [0.1, 0.15) is 6.61 Å². The van der Waals surface area contributed by atoms with Gasteiger partial charge in [-0.15, -0.1) is 0 Å². The topological polar surface area (TPSA) is 83.2 Å². The number of aromatic nitrogens is 4. The largest absolute Gasteiger partial charge is 0.486 e. The molecule has 3 heterocycles. The molecule has 0 bridgehead atoms. The minimum atomic E-state index is -0.231. The van der Waals surface area contributed by atoms with Gasteiger partial charge in [0.15, 0.2) is 17.6 Å². The second-order valence-electron chi connectivity index (χ2n) is 7.29. The number of amides is 1. The second kappa shape index (κ2) is 7.98. The zero-order valence-electron chi connectivity index (χ0n) is 16.9. The first kappa shape index (κ1) is 18.9. The van der Waals surface area contributed by atoms with Crippen LogP contribution in [0.25, 0.3) is 5.69 Å². The Morgan fingerprint density at radius 2 is 1.84 bits per heavy atom. The maximum absolute atomic E-state index is 12.8. The van der Waals surface area contributed by atoms with Crippen molar-refractivity contribution >= 4 is 11.6 Å². The van der Waals surface area contributed by atoms with Gasteiger partial charge in [-0.3, -0.25) is 9.48 Å². The zero-order chi connectivity index (χ0) is 21.2. The van der Waals surface area contributed by atoms with Crippen LogP contribution in [0.3, 0.4) is 0 Å². The maximum Gasteiger partial charge on any atom is 0.259 e. The predicted molar refractivity (Wildman–Crippen MR) is 115 cm³/mol. The number of carbonyl (C=O) groups excluding carboxylic acids is 1. The fourth-order valence-corrected chi connectivity index (χ4v) is 3.55. The lowest BCUT2D eigenvalue weighted by molar-refractivity contribution is 0.0759. The molecule has 1 aliphatic rings. The first-order valence-electron chi connectivity index (χ1n) is 10.00. The Morgan fingerprint density at radius 3 is 2.68 bits per heavy atom. The highest BCUT2D eigenvalue weighted by Gasteiger charge is 2.22. The third kappa shape index (κ3) is 3.87. The van der Waals surface area contributed by atoms with Gasteiger partial charge in [0.05, 0.1) is 41.6 Å². The number of hydrogen-bond acceptors (Lipinski definition) is 5. The number of nitrogens with one attached hydrogen (secondary N) is 1. The van der Waals surface area contributed by atoms with E-state index in [1.54, 1.807) is 28.0 Å². The number of carbonyl (C=O) groups is 1. The van der Waals surface area contributed by atoms with Gasteiger partial charge in [0.2, 0.25) is 0 Å². The van der Waals surface area contributed by atoms with Crippen LogP contribution in [0.1, 0.15) is 16.1 Å². The quantitative estimate of drug-likeness (QED) is 0.540. The van der Waals surface area contributed by atoms with E-state index in [4.69, 9.17) is 9.47 Å². The molecule has 1 aliphatic heterocycles. The number of fused-ring (bicyclic) bond motifs is 1. The van der Waals surface area contributed by atoms with Gasteiger partial charge in [-0.1, -0.05) is 30.3 Å². The van der Waals surface area contributed by atoms with Gasteiger partial charge in [-0.05, 0) is 31.2 Å². The number of rotatable bonds is 5. The molecule has 1 amide bonds. The van der Waals surface area contributed by atoms with Crippen molar-refractivity contribution in [1.29, 1.82) is 0 Å². The molecule has 8 nitrogen and oxygen atoms in total. The molecule has 2 aromatic carbocycles. The molecule has 31 heavy (non-hydrogen) atoms. The van der Waals surface area contributed by atoms with Crippen LogP contribution in [0.4, 0.5) is 5.69 Å². The first-order chi connectivity index (χ1) is 15.2. The van der Waals surface area contributed by atoms with Crippen molar-refractivity contribution < 1.29 is 14.3 Å². The molecule has 0 aliphatic carbocycles. The summed E-state index contributed by atoms with van der Waals surface area (Å²) in [5, 5.41) is 11.6. The molecular weight excluding hydrogens is 394 g/mol. The molecule has 0 saturated carbocycles. The fourth-order valence-electron chi connectivity index (χ4n) is 3.55. The molecule has 156 valence electrons. The number of nitrogens with zero attached hydrogens (tertiary/aromatic N) is 4. The van der Waals surface area contributed by atoms with Gasteiger partial charge in [0.25, 0.3) is 5.91 Å². The Kier molecular flexibility index (Phi) is 4.87. The highest BCUT2D eigenvalue weighted by molar-refractivity contribution is 6.04. The first-order valence-corrected chi connectivity index (χ1v) is 10.00. The molecule has 0 spiro atoms. The molecule has 2 aromatic heterocycles. The summed E-state index contributed by atoms with van der Waals surface area (Å²) >= 11 is 0. The highest BCUT2D eigenvalue weighted by atomic mass is 16.6. The van der Waals surface area contributed by atoms with Crippen molar-refractivity contribution in [3.63, 3.8) is 0 Å². The van der Waals surface area contributed by atoms with E-state index >= 15 is 0 Å². The maximum atomic E-state index is 12.8. The highest BCUT2D eigenvalue weighted by Crippen LogP contribution is 2.31. The molecule has 0 fully saturated rings. The number of ether oxygens (including phenoxy) is 2.